The van der Waals surface area contributed by atoms with Gasteiger partial charge < -0.3 is 10.1 Å². The lowest BCUT2D eigenvalue weighted by Gasteiger charge is -2.08. The fraction of sp³-hybridized carbons (Fsp3) is 0.167. The quantitative estimate of drug-likeness (QED) is 0.748. The van der Waals surface area contributed by atoms with Crippen LogP contribution in [0.3, 0.4) is 0 Å². The van der Waals surface area contributed by atoms with Crippen molar-refractivity contribution in [2.24, 2.45) is 0 Å². The number of nitrogens with one attached hydrogen (secondary N) is 1. The van der Waals surface area contributed by atoms with E-state index in [1.165, 1.54) is 0 Å². The number of ether oxygens (including phenoxy) is 1. The predicted molar refractivity (Wildman–Crippen MR) is 93.0 cm³/mol. The Hall–Kier alpha value is -2.73. The van der Waals surface area contributed by atoms with E-state index in [0.717, 1.165) is 16.4 Å². The number of amides is 1. The number of aryl methyl sites for hydroxylation is 1. The SMILES string of the molecule is Cc1nc(COc2cccc(C(=O)NCc3ccccn3)c2)cs1. The predicted octanol–water partition coefficient (Wildman–Crippen LogP) is 3.36. The molecular formula is C18H17N3O2S. The molecule has 0 atom stereocenters. The first-order chi connectivity index (χ1) is 11.7. The molecular weight excluding hydrogens is 322 g/mol. The number of benzene rings is 1. The largest absolute Gasteiger partial charge is 0.487 e. The third-order valence-electron chi connectivity index (χ3n) is 3.31. The van der Waals surface area contributed by atoms with Crippen LogP contribution < -0.4 is 10.1 Å². The number of thiazole rings is 1. The van der Waals surface area contributed by atoms with E-state index >= 15 is 0 Å². The first-order valence-corrected chi connectivity index (χ1v) is 8.40. The second kappa shape index (κ2) is 7.70. The van der Waals surface area contributed by atoms with Crippen LogP contribution in [0.1, 0.15) is 26.8 Å². The molecule has 2 aromatic heterocycles. The van der Waals surface area contributed by atoms with Gasteiger partial charge in [-0.15, -0.1) is 11.3 Å². The maximum atomic E-state index is 12.2. The third kappa shape index (κ3) is 4.39. The van der Waals surface area contributed by atoms with Crippen LogP contribution in [-0.4, -0.2) is 15.9 Å². The molecule has 0 saturated heterocycles. The number of rotatable bonds is 6. The highest BCUT2D eigenvalue weighted by molar-refractivity contribution is 7.09. The lowest BCUT2D eigenvalue weighted by molar-refractivity contribution is 0.0950. The van der Waals surface area contributed by atoms with E-state index in [0.29, 0.717) is 24.5 Å². The Balaban J connectivity index is 1.58. The van der Waals surface area contributed by atoms with Gasteiger partial charge in [0.25, 0.3) is 5.91 Å². The van der Waals surface area contributed by atoms with Gasteiger partial charge in [0.1, 0.15) is 12.4 Å². The first-order valence-electron chi connectivity index (χ1n) is 7.53. The zero-order valence-corrected chi connectivity index (χ0v) is 14.0. The number of pyridine rings is 1. The van der Waals surface area contributed by atoms with Crippen LogP contribution in [0, 0.1) is 6.92 Å². The highest BCUT2D eigenvalue weighted by Gasteiger charge is 2.07. The summed E-state index contributed by atoms with van der Waals surface area (Å²) >= 11 is 1.59. The maximum Gasteiger partial charge on any atom is 0.251 e. The zero-order valence-electron chi connectivity index (χ0n) is 13.2. The van der Waals surface area contributed by atoms with Crippen LogP contribution in [0.15, 0.2) is 54.0 Å². The van der Waals surface area contributed by atoms with Gasteiger partial charge in [0.05, 0.1) is 22.9 Å². The van der Waals surface area contributed by atoms with Gasteiger partial charge in [0.2, 0.25) is 0 Å². The molecule has 1 amide bonds. The van der Waals surface area contributed by atoms with Crippen molar-refractivity contribution in [2.75, 3.05) is 0 Å². The summed E-state index contributed by atoms with van der Waals surface area (Å²) in [6, 6.07) is 12.7. The molecule has 5 nitrogen and oxygen atoms in total. The van der Waals surface area contributed by atoms with E-state index in [-0.39, 0.29) is 5.91 Å². The summed E-state index contributed by atoms with van der Waals surface area (Å²) in [7, 11) is 0. The van der Waals surface area contributed by atoms with Gasteiger partial charge in [-0.1, -0.05) is 12.1 Å². The molecule has 0 saturated carbocycles. The summed E-state index contributed by atoms with van der Waals surface area (Å²) in [5.74, 6) is 0.488. The van der Waals surface area contributed by atoms with Gasteiger partial charge in [0.15, 0.2) is 0 Å². The van der Waals surface area contributed by atoms with Crippen molar-refractivity contribution in [3.05, 3.63) is 76.0 Å². The molecule has 1 N–H and O–H groups in total. The molecule has 122 valence electrons. The molecule has 0 unspecified atom stereocenters. The number of hydrogen-bond acceptors (Lipinski definition) is 5. The standard InChI is InChI=1S/C18H17N3O2S/c1-13-21-16(12-24-13)11-23-17-7-4-5-14(9-17)18(22)20-10-15-6-2-3-8-19-15/h2-9,12H,10-11H2,1H3,(H,20,22). The Labute approximate surface area is 144 Å². The summed E-state index contributed by atoms with van der Waals surface area (Å²) in [6.07, 6.45) is 1.70. The highest BCUT2D eigenvalue weighted by Crippen LogP contribution is 2.16. The molecule has 0 aliphatic carbocycles. The van der Waals surface area contributed by atoms with Gasteiger partial charge in [-0.25, -0.2) is 4.98 Å². The highest BCUT2D eigenvalue weighted by atomic mass is 32.1. The lowest BCUT2D eigenvalue weighted by atomic mass is 10.2. The smallest absolute Gasteiger partial charge is 0.251 e. The Morgan fingerprint density at radius 3 is 2.88 bits per heavy atom. The van der Waals surface area contributed by atoms with E-state index in [1.807, 2.05) is 36.6 Å². The Bertz CT molecular complexity index is 818. The summed E-state index contributed by atoms with van der Waals surface area (Å²) < 4.78 is 5.71. The number of hydrogen-bond donors (Lipinski definition) is 1. The number of aromatic nitrogens is 2. The summed E-state index contributed by atoms with van der Waals surface area (Å²) in [6.45, 7) is 2.74. The molecule has 0 radical (unpaired) electrons. The van der Waals surface area contributed by atoms with Crippen molar-refractivity contribution >= 4 is 17.2 Å². The molecule has 6 heteroatoms. The molecule has 24 heavy (non-hydrogen) atoms. The van der Waals surface area contributed by atoms with E-state index in [1.54, 1.807) is 35.7 Å². The minimum Gasteiger partial charge on any atom is -0.487 e. The minimum atomic E-state index is -0.157. The Morgan fingerprint density at radius 1 is 1.21 bits per heavy atom. The van der Waals surface area contributed by atoms with E-state index in [2.05, 4.69) is 15.3 Å². The topological polar surface area (TPSA) is 64.1 Å². The van der Waals surface area contributed by atoms with Crippen molar-refractivity contribution in [3.8, 4) is 5.75 Å². The van der Waals surface area contributed by atoms with E-state index in [9.17, 15) is 4.79 Å². The van der Waals surface area contributed by atoms with Crippen molar-refractivity contribution in [3.63, 3.8) is 0 Å². The maximum absolute atomic E-state index is 12.2. The van der Waals surface area contributed by atoms with Gasteiger partial charge >= 0.3 is 0 Å². The molecule has 3 rings (SSSR count). The average molecular weight is 339 g/mol. The Kier molecular flexibility index (Phi) is 5.18. The molecule has 0 fully saturated rings. The summed E-state index contributed by atoms with van der Waals surface area (Å²) in [4.78, 5) is 20.8. The number of nitrogens with zero attached hydrogens (tertiary/aromatic N) is 2. The normalized spacial score (nSPS) is 10.4. The Morgan fingerprint density at radius 2 is 2.12 bits per heavy atom. The van der Waals surface area contributed by atoms with Crippen molar-refractivity contribution in [1.29, 1.82) is 0 Å². The second-order valence-electron chi connectivity index (χ2n) is 5.18. The lowest BCUT2D eigenvalue weighted by Crippen LogP contribution is -2.23. The monoisotopic (exact) mass is 339 g/mol. The molecule has 0 bridgehead atoms. The molecule has 0 spiro atoms. The minimum absolute atomic E-state index is 0.157. The van der Waals surface area contributed by atoms with Gasteiger partial charge in [0, 0.05) is 17.1 Å². The van der Waals surface area contributed by atoms with Gasteiger partial charge in [-0.05, 0) is 37.3 Å². The van der Waals surface area contributed by atoms with Gasteiger partial charge in [-0.3, -0.25) is 9.78 Å². The molecule has 3 aromatic rings. The average Bonchev–Trinajstić information content (AvgIpc) is 3.04. The fourth-order valence-corrected chi connectivity index (χ4v) is 2.73. The summed E-state index contributed by atoms with van der Waals surface area (Å²) in [5.41, 5.74) is 2.26. The fourth-order valence-electron chi connectivity index (χ4n) is 2.13. The zero-order chi connectivity index (χ0) is 16.8. The number of carbonyl (C=O) groups is 1. The number of carbonyl (C=O) groups excluding carboxylic acids is 1. The van der Waals surface area contributed by atoms with Crippen molar-refractivity contribution in [2.45, 2.75) is 20.1 Å². The third-order valence-corrected chi connectivity index (χ3v) is 4.13. The van der Waals surface area contributed by atoms with E-state index in [4.69, 9.17) is 4.74 Å². The van der Waals surface area contributed by atoms with E-state index < -0.39 is 0 Å². The first kappa shape index (κ1) is 16.1. The van der Waals surface area contributed by atoms with Crippen molar-refractivity contribution in [1.82, 2.24) is 15.3 Å². The summed E-state index contributed by atoms with van der Waals surface area (Å²) in [5, 5.41) is 5.83. The van der Waals surface area contributed by atoms with Crippen LogP contribution in [0.4, 0.5) is 0 Å². The van der Waals surface area contributed by atoms with Crippen LogP contribution in [0.5, 0.6) is 5.75 Å². The van der Waals surface area contributed by atoms with Gasteiger partial charge in [-0.2, -0.15) is 0 Å². The van der Waals surface area contributed by atoms with Crippen molar-refractivity contribution < 1.29 is 9.53 Å². The molecule has 2 heterocycles. The van der Waals surface area contributed by atoms with Crippen LogP contribution >= 0.6 is 11.3 Å². The van der Waals surface area contributed by atoms with Crippen LogP contribution in [0.2, 0.25) is 0 Å². The molecule has 0 aliphatic rings. The second-order valence-corrected chi connectivity index (χ2v) is 6.24. The molecule has 0 aliphatic heterocycles. The van der Waals surface area contributed by atoms with Crippen LogP contribution in [0.25, 0.3) is 0 Å². The van der Waals surface area contributed by atoms with Crippen LogP contribution in [-0.2, 0) is 13.2 Å². The molecule has 1 aromatic carbocycles.